The molecule has 4 nitrogen and oxygen atoms in total. The molecule has 0 spiro atoms. The first-order chi connectivity index (χ1) is 13.9. The van der Waals surface area contributed by atoms with Crippen molar-refractivity contribution >= 4 is 28.1 Å². The van der Waals surface area contributed by atoms with Crippen LogP contribution in [0.1, 0.15) is 15.9 Å². The normalized spacial score (nSPS) is 14.8. The van der Waals surface area contributed by atoms with Gasteiger partial charge in [-0.2, -0.15) is 13.2 Å². The summed E-state index contributed by atoms with van der Waals surface area (Å²) in [6.07, 6.45) is -4.49. The number of rotatable bonds is 3. The highest BCUT2D eigenvalue weighted by Gasteiger charge is 2.32. The summed E-state index contributed by atoms with van der Waals surface area (Å²) in [5.74, 6) is -0.433. The van der Waals surface area contributed by atoms with Crippen molar-refractivity contribution in [1.82, 2.24) is 5.32 Å². The maximum absolute atomic E-state index is 13.3. The predicted molar refractivity (Wildman–Crippen MR) is 108 cm³/mol. The van der Waals surface area contributed by atoms with Gasteiger partial charge in [-0.05, 0) is 35.0 Å². The lowest BCUT2D eigenvalue weighted by Gasteiger charge is -2.31. The highest BCUT2D eigenvalue weighted by molar-refractivity contribution is 6.13. The number of benzene rings is 3. The summed E-state index contributed by atoms with van der Waals surface area (Å²) >= 11 is 0. The highest BCUT2D eigenvalue weighted by Crippen LogP contribution is 2.36. The molecule has 1 fully saturated rings. The Balaban J connectivity index is 1.73. The van der Waals surface area contributed by atoms with Crippen LogP contribution in [0.15, 0.2) is 60.7 Å². The molecule has 0 bridgehead atoms. The smallest absolute Gasteiger partial charge is 0.367 e. The molecule has 0 atom stereocenters. The van der Waals surface area contributed by atoms with Gasteiger partial charge in [0.25, 0.3) is 5.91 Å². The molecule has 150 valence electrons. The minimum absolute atomic E-state index is 0.166. The maximum atomic E-state index is 13.3. The van der Waals surface area contributed by atoms with E-state index in [4.69, 9.17) is 0 Å². The van der Waals surface area contributed by atoms with Gasteiger partial charge < -0.3 is 15.5 Å². The molecule has 3 aromatic rings. The molecule has 1 aliphatic heterocycles. The van der Waals surface area contributed by atoms with Crippen LogP contribution in [0.3, 0.4) is 0 Å². The molecule has 1 heterocycles. The van der Waals surface area contributed by atoms with Crippen molar-refractivity contribution in [2.24, 2.45) is 0 Å². The Morgan fingerprint density at radius 1 is 0.966 bits per heavy atom. The molecule has 0 unspecified atom stereocenters. The van der Waals surface area contributed by atoms with Crippen LogP contribution in [0.2, 0.25) is 0 Å². The van der Waals surface area contributed by atoms with Crippen molar-refractivity contribution in [1.29, 1.82) is 0 Å². The van der Waals surface area contributed by atoms with E-state index in [2.05, 4.69) is 10.6 Å². The third kappa shape index (κ3) is 4.05. The molecule has 2 N–H and O–H groups in total. The van der Waals surface area contributed by atoms with E-state index in [1.54, 1.807) is 12.1 Å². The van der Waals surface area contributed by atoms with Crippen molar-refractivity contribution in [3.8, 4) is 0 Å². The molecular weight excluding hydrogens is 379 g/mol. The van der Waals surface area contributed by atoms with E-state index in [1.807, 2.05) is 35.2 Å². The van der Waals surface area contributed by atoms with E-state index in [-0.39, 0.29) is 5.69 Å². The van der Waals surface area contributed by atoms with E-state index in [0.29, 0.717) is 24.3 Å². The van der Waals surface area contributed by atoms with Gasteiger partial charge in [0.1, 0.15) is 0 Å². The number of nitrogens with one attached hydrogen (secondary N) is 2. The van der Waals surface area contributed by atoms with Crippen LogP contribution in [0, 0.1) is 0 Å². The standard InChI is InChI=1S/C22H20F3N3O/c23-22(24,25)16-8-9-20(28-12-10-26-11-13-28)19(14-16)27-21(29)18-7-3-5-15-4-1-2-6-17(15)18/h1-9,14,26H,10-13H2,(H,27,29). The van der Waals surface area contributed by atoms with Crippen LogP contribution in [-0.4, -0.2) is 32.1 Å². The number of fused-ring (bicyclic) bond motifs is 1. The number of halogens is 3. The number of nitrogens with zero attached hydrogens (tertiary/aromatic N) is 1. The Labute approximate surface area is 166 Å². The zero-order valence-electron chi connectivity index (χ0n) is 15.6. The van der Waals surface area contributed by atoms with Gasteiger partial charge in [-0.25, -0.2) is 0 Å². The molecule has 0 aliphatic carbocycles. The number of carbonyl (C=O) groups is 1. The first kappa shape index (κ1) is 19.3. The lowest BCUT2D eigenvalue weighted by atomic mass is 10.0. The number of piperazine rings is 1. The molecule has 0 radical (unpaired) electrons. The van der Waals surface area contributed by atoms with Gasteiger partial charge in [0.15, 0.2) is 0 Å². The topological polar surface area (TPSA) is 44.4 Å². The monoisotopic (exact) mass is 399 g/mol. The predicted octanol–water partition coefficient (Wildman–Crippen LogP) is 4.52. The Morgan fingerprint density at radius 3 is 2.45 bits per heavy atom. The molecule has 1 saturated heterocycles. The molecule has 1 aliphatic rings. The lowest BCUT2D eigenvalue weighted by Crippen LogP contribution is -2.43. The number of amides is 1. The van der Waals surface area contributed by atoms with Crippen LogP contribution in [0.5, 0.6) is 0 Å². The van der Waals surface area contributed by atoms with Gasteiger partial charge in [-0.3, -0.25) is 4.79 Å². The van der Waals surface area contributed by atoms with Gasteiger partial charge >= 0.3 is 6.18 Å². The molecule has 0 aromatic heterocycles. The zero-order chi connectivity index (χ0) is 20.4. The van der Waals surface area contributed by atoms with Gasteiger partial charge in [0.05, 0.1) is 16.9 Å². The first-order valence-electron chi connectivity index (χ1n) is 9.39. The highest BCUT2D eigenvalue weighted by atomic mass is 19.4. The van der Waals surface area contributed by atoms with Crippen LogP contribution in [0.25, 0.3) is 10.8 Å². The van der Waals surface area contributed by atoms with Crippen LogP contribution >= 0.6 is 0 Å². The van der Waals surface area contributed by atoms with E-state index in [9.17, 15) is 18.0 Å². The largest absolute Gasteiger partial charge is 0.416 e. The van der Waals surface area contributed by atoms with Crippen LogP contribution in [0.4, 0.5) is 24.5 Å². The number of anilines is 2. The average molecular weight is 399 g/mol. The molecule has 0 saturated carbocycles. The molecular formula is C22H20F3N3O. The Kier molecular flexibility index (Phi) is 5.15. The van der Waals surface area contributed by atoms with Crippen molar-refractivity contribution in [3.63, 3.8) is 0 Å². The summed E-state index contributed by atoms with van der Waals surface area (Å²) in [4.78, 5) is 15.0. The molecule has 1 amide bonds. The van der Waals surface area contributed by atoms with Gasteiger partial charge in [0.2, 0.25) is 0 Å². The molecule has 7 heteroatoms. The summed E-state index contributed by atoms with van der Waals surface area (Å²) in [5.41, 5.74) is 0.393. The van der Waals surface area contributed by atoms with Crippen molar-refractivity contribution in [3.05, 3.63) is 71.8 Å². The minimum Gasteiger partial charge on any atom is -0.367 e. The summed E-state index contributed by atoms with van der Waals surface area (Å²) in [6.45, 7) is 2.78. The number of hydrogen-bond acceptors (Lipinski definition) is 3. The summed E-state index contributed by atoms with van der Waals surface area (Å²) in [7, 11) is 0. The molecule has 3 aromatic carbocycles. The fourth-order valence-electron chi connectivity index (χ4n) is 3.61. The van der Waals surface area contributed by atoms with E-state index in [0.717, 1.165) is 36.0 Å². The average Bonchev–Trinajstić information content (AvgIpc) is 2.73. The SMILES string of the molecule is O=C(Nc1cc(C(F)(F)F)ccc1N1CCNCC1)c1cccc2ccccc12. The second-order valence-corrected chi connectivity index (χ2v) is 6.95. The fourth-order valence-corrected chi connectivity index (χ4v) is 3.61. The quantitative estimate of drug-likeness (QED) is 0.681. The number of hydrogen-bond donors (Lipinski definition) is 2. The Bertz CT molecular complexity index is 1040. The van der Waals surface area contributed by atoms with E-state index in [1.165, 1.54) is 6.07 Å². The lowest BCUT2D eigenvalue weighted by molar-refractivity contribution is -0.137. The molecule has 4 rings (SSSR count). The molecule has 29 heavy (non-hydrogen) atoms. The number of carbonyl (C=O) groups excluding carboxylic acids is 1. The van der Waals surface area contributed by atoms with Crippen LogP contribution < -0.4 is 15.5 Å². The zero-order valence-corrected chi connectivity index (χ0v) is 15.6. The second-order valence-electron chi connectivity index (χ2n) is 6.95. The second kappa shape index (κ2) is 7.75. The number of alkyl halides is 3. The van der Waals surface area contributed by atoms with Gasteiger partial charge in [-0.1, -0.05) is 36.4 Å². The van der Waals surface area contributed by atoms with Gasteiger partial charge in [0, 0.05) is 31.7 Å². The minimum atomic E-state index is -4.49. The Hall–Kier alpha value is -3.06. The van der Waals surface area contributed by atoms with E-state index < -0.39 is 17.6 Å². The summed E-state index contributed by atoms with van der Waals surface area (Å²) < 4.78 is 39.8. The third-order valence-electron chi connectivity index (χ3n) is 5.06. The summed E-state index contributed by atoms with van der Waals surface area (Å²) in [6, 6.07) is 16.3. The van der Waals surface area contributed by atoms with E-state index >= 15 is 0 Å². The maximum Gasteiger partial charge on any atom is 0.416 e. The summed E-state index contributed by atoms with van der Waals surface area (Å²) in [5, 5.41) is 7.59. The van der Waals surface area contributed by atoms with Crippen molar-refractivity contribution in [2.75, 3.05) is 36.4 Å². The first-order valence-corrected chi connectivity index (χ1v) is 9.39. The fraction of sp³-hybridized carbons (Fsp3) is 0.227. The van der Waals surface area contributed by atoms with Crippen molar-refractivity contribution in [2.45, 2.75) is 6.18 Å². The van der Waals surface area contributed by atoms with Crippen LogP contribution in [-0.2, 0) is 6.18 Å². The third-order valence-corrected chi connectivity index (χ3v) is 5.06. The Morgan fingerprint density at radius 2 is 1.69 bits per heavy atom. The van der Waals surface area contributed by atoms with Gasteiger partial charge in [-0.15, -0.1) is 0 Å². The van der Waals surface area contributed by atoms with Crippen molar-refractivity contribution < 1.29 is 18.0 Å².